The van der Waals surface area contributed by atoms with E-state index in [4.69, 9.17) is 14.8 Å². The van der Waals surface area contributed by atoms with Gasteiger partial charge in [0.05, 0.1) is 12.3 Å². The number of carbonyl (C=O) groups is 1. The first-order valence-electron chi connectivity index (χ1n) is 13.4. The molecule has 1 fully saturated rings. The molecule has 1 aliphatic rings. The van der Waals surface area contributed by atoms with Crippen LogP contribution in [-0.2, 0) is 4.79 Å². The maximum atomic E-state index is 13.3. The van der Waals surface area contributed by atoms with Crippen LogP contribution in [0.1, 0.15) is 36.2 Å². The standard InChI is InChI=1S/C28H32N6O3.C3H3O.Li/c1-3-34(15-7-6-13-29)26-19-25(31-28(32-26)37-16-12-21-10-8-14-33(21)2)27(36)30-24-18-22(35)17-20-9-4-5-11-23(20)24;1-2-3-4;/h4-5,7,9,11,17-19,21,35H,1,3,6,8,10,12,14-16H2,2H3,(H,30,36);2H,1H2;/q-2;-1;+1. The second kappa shape index (κ2) is 17.8. The number of nitrogens with one attached hydrogen (secondary N) is 1. The third kappa shape index (κ3) is 9.88. The number of nitriles is 1. The molecule has 2 N–H and O–H groups in total. The van der Waals surface area contributed by atoms with Crippen LogP contribution in [0.2, 0.25) is 0 Å². The van der Waals surface area contributed by atoms with E-state index >= 15 is 0 Å². The number of unbranched alkanes of at least 4 members (excludes halogenated alkanes) is 1. The van der Waals surface area contributed by atoms with Crippen molar-refractivity contribution in [3.05, 3.63) is 74.2 Å². The Balaban J connectivity index is 0.00000116. The Bertz CT molecular complexity index is 1370. The molecule has 0 spiro atoms. The average molecular weight is 563 g/mol. The predicted octanol–water partition coefficient (Wildman–Crippen LogP) is 1.50. The topological polar surface area (TPSA) is 132 Å². The quantitative estimate of drug-likeness (QED) is 0.146. The molecule has 1 aliphatic heterocycles. The third-order valence-electron chi connectivity index (χ3n) is 6.64. The van der Waals surface area contributed by atoms with Gasteiger partial charge in [-0.1, -0.05) is 30.7 Å². The summed E-state index contributed by atoms with van der Waals surface area (Å²) in [6.07, 6.45) is 7.78. The van der Waals surface area contributed by atoms with Crippen LogP contribution in [0, 0.1) is 24.7 Å². The zero-order valence-electron chi connectivity index (χ0n) is 24.3. The number of likely N-dealkylation sites (tertiary alicyclic amines) is 1. The van der Waals surface area contributed by atoms with Crippen LogP contribution < -0.4 is 33.8 Å². The second-order valence-electron chi connectivity index (χ2n) is 9.40. The van der Waals surface area contributed by atoms with Crippen LogP contribution in [0.25, 0.3) is 10.8 Å². The van der Waals surface area contributed by atoms with Crippen molar-refractivity contribution in [3.63, 3.8) is 0 Å². The number of nitrogens with zero attached hydrogens (tertiary/aromatic N) is 5. The van der Waals surface area contributed by atoms with E-state index in [0.29, 0.717) is 37.2 Å². The van der Waals surface area contributed by atoms with Gasteiger partial charge in [0.25, 0.3) is 5.91 Å². The Hall–Kier alpha value is -3.89. The van der Waals surface area contributed by atoms with Gasteiger partial charge in [-0.15, -0.1) is 13.1 Å². The fraction of sp³-hybridized carbons (Fsp3) is 0.323. The molecule has 2 heterocycles. The predicted molar refractivity (Wildman–Crippen MR) is 159 cm³/mol. The molecule has 1 aromatic heterocycles. The molecule has 3 aromatic rings. The summed E-state index contributed by atoms with van der Waals surface area (Å²) in [6, 6.07) is 14.9. The number of carbonyl (C=O) groups excluding carboxylic acids is 2. The molecule has 10 nitrogen and oxygen atoms in total. The van der Waals surface area contributed by atoms with E-state index in [1.807, 2.05) is 35.6 Å². The van der Waals surface area contributed by atoms with Gasteiger partial charge < -0.3 is 36.7 Å². The molecule has 1 saturated heterocycles. The van der Waals surface area contributed by atoms with Crippen molar-refractivity contribution < 1.29 is 38.3 Å². The van der Waals surface area contributed by atoms with Gasteiger partial charge in [-0.25, -0.2) is 17.9 Å². The van der Waals surface area contributed by atoms with Crippen LogP contribution >= 0.6 is 0 Å². The van der Waals surface area contributed by atoms with Gasteiger partial charge in [-0.05, 0) is 50.6 Å². The van der Waals surface area contributed by atoms with Crippen molar-refractivity contribution in [2.24, 2.45) is 0 Å². The minimum absolute atomic E-state index is 0. The summed E-state index contributed by atoms with van der Waals surface area (Å²) in [5, 5.41) is 23.5. The Morgan fingerprint density at radius 1 is 1.38 bits per heavy atom. The summed E-state index contributed by atoms with van der Waals surface area (Å²) in [6.45, 7) is 9.36. The number of amides is 1. The molecule has 4 rings (SSSR count). The summed E-state index contributed by atoms with van der Waals surface area (Å²) in [7, 11) is 2.12. The van der Waals surface area contributed by atoms with Gasteiger partial charge in [0.1, 0.15) is 17.3 Å². The molecule has 1 unspecified atom stereocenters. The zero-order chi connectivity index (χ0) is 29.6. The fourth-order valence-corrected chi connectivity index (χ4v) is 4.55. The number of benzene rings is 2. The maximum absolute atomic E-state index is 13.3. The molecule has 2 aromatic carbocycles. The normalized spacial score (nSPS) is 14.1. The molecular weight excluding hydrogens is 527 g/mol. The molecule has 0 bridgehead atoms. The number of aromatic nitrogens is 2. The first-order chi connectivity index (χ1) is 19.9. The molecule has 1 atom stereocenters. The maximum Gasteiger partial charge on any atom is 1.00 e. The van der Waals surface area contributed by atoms with Crippen molar-refractivity contribution in [2.75, 3.05) is 43.5 Å². The van der Waals surface area contributed by atoms with Crippen molar-refractivity contribution in [2.45, 2.75) is 31.7 Å². The number of phenolic OH excluding ortho intramolecular Hbond substituents is 1. The first kappa shape index (κ1) is 34.3. The van der Waals surface area contributed by atoms with Gasteiger partial charge in [0.2, 0.25) is 0 Å². The zero-order valence-corrected chi connectivity index (χ0v) is 24.3. The summed E-state index contributed by atoms with van der Waals surface area (Å²) in [5.41, 5.74) is 0.605. The SMILES string of the molecule is C=C[C-]=O.[CH2-]CN(C[CH-]CC#N)c1cc(C(=O)Nc2cc(O)cc3ccccc23)nc(OCCC2CCCN2C)n1.[Li+]. The monoisotopic (exact) mass is 562 g/mol. The van der Waals surface area contributed by atoms with E-state index in [1.54, 1.807) is 12.1 Å². The van der Waals surface area contributed by atoms with Gasteiger partial charge >= 0.3 is 24.9 Å². The number of hydrogen-bond donors (Lipinski definition) is 2. The van der Waals surface area contributed by atoms with Crippen LogP contribution in [-0.4, -0.2) is 71.5 Å². The molecular formula is C31H35LiN6O4-2. The fourth-order valence-electron chi connectivity index (χ4n) is 4.55. The van der Waals surface area contributed by atoms with Gasteiger partial charge in [-0.2, -0.15) is 9.97 Å². The van der Waals surface area contributed by atoms with Gasteiger partial charge in [0.15, 0.2) is 0 Å². The van der Waals surface area contributed by atoms with Crippen LogP contribution in [0.15, 0.2) is 55.1 Å². The minimum Gasteiger partial charge on any atom is -0.508 e. The van der Waals surface area contributed by atoms with E-state index in [2.05, 4.69) is 46.8 Å². The molecule has 0 radical (unpaired) electrons. The summed E-state index contributed by atoms with van der Waals surface area (Å²) in [4.78, 5) is 35.4. The van der Waals surface area contributed by atoms with Crippen molar-refractivity contribution in [3.8, 4) is 17.8 Å². The molecule has 11 heteroatoms. The Morgan fingerprint density at radius 2 is 2.14 bits per heavy atom. The number of fused-ring (bicyclic) bond motifs is 1. The van der Waals surface area contributed by atoms with Gasteiger partial charge in [0, 0.05) is 29.6 Å². The van der Waals surface area contributed by atoms with Crippen LogP contribution in [0.4, 0.5) is 11.5 Å². The third-order valence-corrected chi connectivity index (χ3v) is 6.64. The first-order valence-corrected chi connectivity index (χ1v) is 13.4. The Labute approximate surface area is 259 Å². The number of phenols is 1. The molecule has 216 valence electrons. The minimum atomic E-state index is -0.454. The largest absolute Gasteiger partial charge is 1.00 e. The number of rotatable bonds is 12. The van der Waals surface area contributed by atoms with Crippen molar-refractivity contribution in [1.29, 1.82) is 5.26 Å². The van der Waals surface area contributed by atoms with Crippen LogP contribution in [0.5, 0.6) is 11.8 Å². The molecule has 42 heavy (non-hydrogen) atoms. The Morgan fingerprint density at radius 3 is 2.81 bits per heavy atom. The number of allylic oxidation sites excluding steroid dienone is 1. The summed E-state index contributed by atoms with van der Waals surface area (Å²) in [5.74, 6) is 0.0810. The smallest absolute Gasteiger partial charge is 0.508 e. The van der Waals surface area contributed by atoms with E-state index in [-0.39, 0.29) is 42.7 Å². The van der Waals surface area contributed by atoms with Crippen LogP contribution in [0.3, 0.4) is 0 Å². The van der Waals surface area contributed by atoms with Crippen molar-refractivity contribution in [1.82, 2.24) is 14.9 Å². The number of aromatic hydroxyl groups is 1. The molecule has 0 aliphatic carbocycles. The number of ether oxygens (including phenoxy) is 1. The van der Waals surface area contributed by atoms with E-state index < -0.39 is 5.91 Å². The summed E-state index contributed by atoms with van der Waals surface area (Å²) >= 11 is 0. The Kier molecular flexibility index (Phi) is 14.6. The average Bonchev–Trinajstić information content (AvgIpc) is 3.39. The van der Waals surface area contributed by atoms with Gasteiger partial charge in [-0.3, -0.25) is 11.2 Å². The second-order valence-corrected chi connectivity index (χ2v) is 9.40. The molecule has 0 saturated carbocycles. The summed E-state index contributed by atoms with van der Waals surface area (Å²) < 4.78 is 5.93. The van der Waals surface area contributed by atoms with E-state index in [0.717, 1.165) is 36.2 Å². The van der Waals surface area contributed by atoms with E-state index in [9.17, 15) is 9.90 Å². The number of anilines is 2. The van der Waals surface area contributed by atoms with Crippen molar-refractivity contribution >= 4 is 34.5 Å². The van der Waals surface area contributed by atoms with E-state index in [1.165, 1.54) is 18.8 Å². The number of hydrogen-bond acceptors (Lipinski definition) is 9. The molecule has 1 amide bonds.